The molecule has 1 aromatic rings. The molecule has 0 spiro atoms. The SMILES string of the molecule is CCOC(=O)C(O)C(O)c1ccc(Cl)cc1[N+](=O)[O-]. The lowest BCUT2D eigenvalue weighted by Crippen LogP contribution is -2.30. The van der Waals surface area contributed by atoms with Crippen molar-refractivity contribution in [3.8, 4) is 0 Å². The van der Waals surface area contributed by atoms with Gasteiger partial charge < -0.3 is 14.9 Å². The molecule has 0 aromatic heterocycles. The summed E-state index contributed by atoms with van der Waals surface area (Å²) in [4.78, 5) is 21.4. The van der Waals surface area contributed by atoms with Crippen LogP contribution >= 0.6 is 11.6 Å². The average Bonchev–Trinajstić information content (AvgIpc) is 2.37. The Balaban J connectivity index is 3.08. The third-order valence-corrected chi connectivity index (χ3v) is 2.57. The Labute approximate surface area is 113 Å². The highest BCUT2D eigenvalue weighted by molar-refractivity contribution is 6.30. The number of hydrogen-bond acceptors (Lipinski definition) is 6. The molecule has 1 rings (SSSR count). The third-order valence-electron chi connectivity index (χ3n) is 2.33. The van der Waals surface area contributed by atoms with Gasteiger partial charge in [-0.05, 0) is 19.1 Å². The predicted octanol–water partition coefficient (Wildman–Crippen LogP) is 1.21. The lowest BCUT2D eigenvalue weighted by Gasteiger charge is -2.16. The summed E-state index contributed by atoms with van der Waals surface area (Å²) in [5.74, 6) is -1.06. The van der Waals surface area contributed by atoms with Gasteiger partial charge in [-0.25, -0.2) is 4.79 Å². The van der Waals surface area contributed by atoms with E-state index in [4.69, 9.17) is 11.6 Å². The van der Waals surface area contributed by atoms with Gasteiger partial charge in [0.05, 0.1) is 17.1 Å². The van der Waals surface area contributed by atoms with Crippen LogP contribution < -0.4 is 0 Å². The van der Waals surface area contributed by atoms with Crippen molar-refractivity contribution in [2.24, 2.45) is 0 Å². The minimum atomic E-state index is -1.90. The number of nitro benzene ring substituents is 1. The summed E-state index contributed by atoms with van der Waals surface area (Å²) < 4.78 is 4.53. The van der Waals surface area contributed by atoms with E-state index in [1.807, 2.05) is 0 Å². The van der Waals surface area contributed by atoms with Crippen LogP contribution in [-0.2, 0) is 9.53 Å². The summed E-state index contributed by atoms with van der Waals surface area (Å²) in [6.45, 7) is 1.55. The predicted molar refractivity (Wildman–Crippen MR) is 65.7 cm³/mol. The lowest BCUT2D eigenvalue weighted by atomic mass is 10.0. The molecule has 2 N–H and O–H groups in total. The molecule has 0 aliphatic carbocycles. The summed E-state index contributed by atoms with van der Waals surface area (Å²) in [5.41, 5.74) is -0.696. The number of esters is 1. The minimum absolute atomic E-state index is 0.0192. The van der Waals surface area contributed by atoms with Crippen LogP contribution in [-0.4, -0.2) is 33.8 Å². The molecule has 0 aliphatic rings. The van der Waals surface area contributed by atoms with E-state index in [0.717, 1.165) is 6.07 Å². The first kappa shape index (κ1) is 15.4. The minimum Gasteiger partial charge on any atom is -0.464 e. The van der Waals surface area contributed by atoms with Crippen molar-refractivity contribution in [3.63, 3.8) is 0 Å². The number of carbonyl (C=O) groups is 1. The van der Waals surface area contributed by atoms with Crippen molar-refractivity contribution in [1.82, 2.24) is 0 Å². The fraction of sp³-hybridized carbons (Fsp3) is 0.364. The first-order valence-electron chi connectivity index (χ1n) is 5.35. The second-order valence-electron chi connectivity index (χ2n) is 3.60. The zero-order chi connectivity index (χ0) is 14.6. The van der Waals surface area contributed by atoms with Crippen molar-refractivity contribution in [3.05, 3.63) is 38.9 Å². The number of benzene rings is 1. The molecule has 0 amide bonds. The van der Waals surface area contributed by atoms with E-state index in [2.05, 4.69) is 4.74 Å². The Morgan fingerprint density at radius 1 is 1.53 bits per heavy atom. The molecule has 19 heavy (non-hydrogen) atoms. The van der Waals surface area contributed by atoms with E-state index >= 15 is 0 Å². The normalized spacial score (nSPS) is 13.7. The van der Waals surface area contributed by atoms with Crippen molar-refractivity contribution in [1.29, 1.82) is 0 Å². The standard InChI is InChI=1S/C11H12ClNO6/c1-2-19-11(16)10(15)9(14)7-4-3-6(12)5-8(7)13(17)18/h3-5,9-10,14-15H,2H2,1H3. The van der Waals surface area contributed by atoms with E-state index < -0.39 is 28.8 Å². The molecule has 2 atom stereocenters. The van der Waals surface area contributed by atoms with Crippen LogP contribution in [0.3, 0.4) is 0 Å². The van der Waals surface area contributed by atoms with Crippen LogP contribution in [0.15, 0.2) is 18.2 Å². The Kier molecular flexibility index (Phi) is 5.22. The monoisotopic (exact) mass is 289 g/mol. The second-order valence-corrected chi connectivity index (χ2v) is 4.04. The highest BCUT2D eigenvalue weighted by Gasteiger charge is 2.31. The number of rotatable bonds is 5. The van der Waals surface area contributed by atoms with Gasteiger partial charge in [0.25, 0.3) is 5.69 Å². The van der Waals surface area contributed by atoms with Gasteiger partial charge in [0.15, 0.2) is 6.10 Å². The number of halogens is 1. The molecule has 0 fully saturated rings. The average molecular weight is 290 g/mol. The Bertz CT molecular complexity index is 492. The van der Waals surface area contributed by atoms with Crippen molar-refractivity contribution in [2.45, 2.75) is 19.1 Å². The molecule has 0 heterocycles. The van der Waals surface area contributed by atoms with Gasteiger partial charge in [0, 0.05) is 11.1 Å². The fourth-order valence-electron chi connectivity index (χ4n) is 1.45. The third kappa shape index (κ3) is 3.63. The molecule has 0 radical (unpaired) electrons. The highest BCUT2D eigenvalue weighted by atomic mass is 35.5. The summed E-state index contributed by atoms with van der Waals surface area (Å²) >= 11 is 5.62. The van der Waals surface area contributed by atoms with E-state index in [0.29, 0.717) is 0 Å². The molecule has 8 heteroatoms. The van der Waals surface area contributed by atoms with Crippen LogP contribution in [0, 0.1) is 10.1 Å². The molecule has 0 bridgehead atoms. The summed E-state index contributed by atoms with van der Waals surface area (Å²) in [5, 5.41) is 30.3. The molecule has 0 saturated carbocycles. The highest BCUT2D eigenvalue weighted by Crippen LogP contribution is 2.30. The number of nitro groups is 1. The Morgan fingerprint density at radius 3 is 2.68 bits per heavy atom. The molecule has 2 unspecified atom stereocenters. The number of carbonyl (C=O) groups excluding carboxylic acids is 1. The Hall–Kier alpha value is -1.70. The van der Waals surface area contributed by atoms with Crippen LogP contribution in [0.25, 0.3) is 0 Å². The number of nitrogens with zero attached hydrogens (tertiary/aromatic N) is 1. The molecule has 0 saturated heterocycles. The maximum absolute atomic E-state index is 11.3. The zero-order valence-electron chi connectivity index (χ0n) is 9.95. The fourth-order valence-corrected chi connectivity index (χ4v) is 1.62. The maximum Gasteiger partial charge on any atom is 0.338 e. The van der Waals surface area contributed by atoms with Gasteiger partial charge in [-0.1, -0.05) is 11.6 Å². The van der Waals surface area contributed by atoms with Gasteiger partial charge >= 0.3 is 5.97 Å². The Morgan fingerprint density at radius 2 is 2.16 bits per heavy atom. The van der Waals surface area contributed by atoms with Crippen LogP contribution in [0.2, 0.25) is 5.02 Å². The number of aliphatic hydroxyl groups excluding tert-OH is 2. The largest absolute Gasteiger partial charge is 0.464 e. The van der Waals surface area contributed by atoms with E-state index in [1.54, 1.807) is 0 Å². The molecule has 7 nitrogen and oxygen atoms in total. The number of ether oxygens (including phenoxy) is 1. The van der Waals surface area contributed by atoms with Gasteiger partial charge in [0.1, 0.15) is 6.10 Å². The smallest absolute Gasteiger partial charge is 0.338 e. The maximum atomic E-state index is 11.3. The van der Waals surface area contributed by atoms with Crippen LogP contribution in [0.4, 0.5) is 5.69 Å². The number of aliphatic hydroxyl groups is 2. The lowest BCUT2D eigenvalue weighted by molar-refractivity contribution is -0.386. The molecule has 0 aliphatic heterocycles. The molecular formula is C11H12ClNO6. The van der Waals surface area contributed by atoms with E-state index in [9.17, 15) is 25.1 Å². The quantitative estimate of drug-likeness (QED) is 0.479. The summed E-state index contributed by atoms with van der Waals surface area (Å²) in [6.07, 6.45) is -3.67. The topological polar surface area (TPSA) is 110 Å². The summed E-state index contributed by atoms with van der Waals surface area (Å²) in [6, 6.07) is 3.51. The van der Waals surface area contributed by atoms with Crippen LogP contribution in [0.1, 0.15) is 18.6 Å². The molecule has 104 valence electrons. The number of hydrogen-bond donors (Lipinski definition) is 2. The van der Waals surface area contributed by atoms with E-state index in [1.165, 1.54) is 19.1 Å². The summed E-state index contributed by atoms with van der Waals surface area (Å²) in [7, 11) is 0. The zero-order valence-corrected chi connectivity index (χ0v) is 10.7. The first-order chi connectivity index (χ1) is 8.88. The van der Waals surface area contributed by atoms with Crippen molar-refractivity contribution >= 4 is 23.3 Å². The van der Waals surface area contributed by atoms with Crippen molar-refractivity contribution < 1.29 is 24.7 Å². The van der Waals surface area contributed by atoms with Gasteiger partial charge in [-0.3, -0.25) is 10.1 Å². The van der Waals surface area contributed by atoms with Gasteiger partial charge in [-0.2, -0.15) is 0 Å². The molecule has 1 aromatic carbocycles. The van der Waals surface area contributed by atoms with Crippen molar-refractivity contribution in [2.75, 3.05) is 6.61 Å². The van der Waals surface area contributed by atoms with Gasteiger partial charge in [0.2, 0.25) is 0 Å². The van der Waals surface area contributed by atoms with Crippen LogP contribution in [0.5, 0.6) is 0 Å². The van der Waals surface area contributed by atoms with Gasteiger partial charge in [-0.15, -0.1) is 0 Å². The second kappa shape index (κ2) is 6.46. The molecular weight excluding hydrogens is 278 g/mol. The first-order valence-corrected chi connectivity index (χ1v) is 5.72. The van der Waals surface area contributed by atoms with E-state index in [-0.39, 0.29) is 17.2 Å².